The van der Waals surface area contributed by atoms with E-state index < -0.39 is 0 Å². The van der Waals surface area contributed by atoms with Gasteiger partial charge in [0, 0.05) is 31.7 Å². The molecule has 1 unspecified atom stereocenters. The van der Waals surface area contributed by atoms with Gasteiger partial charge in [0.15, 0.2) is 5.75 Å². The van der Waals surface area contributed by atoms with E-state index in [-0.39, 0.29) is 11.2 Å². The van der Waals surface area contributed by atoms with E-state index in [0.29, 0.717) is 18.3 Å². The largest absolute Gasteiger partial charge is 0.502 e. The first-order valence-corrected chi connectivity index (χ1v) is 5.41. The Morgan fingerprint density at radius 2 is 2.50 bits per heavy atom. The molecule has 5 heteroatoms. The van der Waals surface area contributed by atoms with Gasteiger partial charge < -0.3 is 14.8 Å². The molecule has 1 aromatic heterocycles. The molecule has 0 radical (unpaired) electrons. The first kappa shape index (κ1) is 11.2. The molecule has 1 aliphatic rings. The quantitative estimate of drug-likeness (QED) is 0.748. The van der Waals surface area contributed by atoms with Crippen molar-refractivity contribution in [3.63, 3.8) is 0 Å². The molecule has 88 valence electrons. The number of rotatable bonds is 2. The summed E-state index contributed by atoms with van der Waals surface area (Å²) in [6.45, 7) is 5.56. The highest BCUT2D eigenvalue weighted by Gasteiger charge is 2.16. The molecule has 2 N–H and O–H groups in total. The topological polar surface area (TPSA) is 65.7 Å². The Morgan fingerprint density at radius 3 is 3.19 bits per heavy atom. The predicted octanol–water partition coefficient (Wildman–Crippen LogP) is 0.139. The van der Waals surface area contributed by atoms with E-state index in [0.717, 1.165) is 25.9 Å². The van der Waals surface area contributed by atoms with Crippen LogP contribution in [-0.4, -0.2) is 35.7 Å². The summed E-state index contributed by atoms with van der Waals surface area (Å²) in [4.78, 5) is 13.4. The van der Waals surface area contributed by atoms with Gasteiger partial charge in [-0.05, 0) is 6.92 Å². The third-order valence-electron chi connectivity index (χ3n) is 2.70. The minimum atomic E-state index is -0.385. The van der Waals surface area contributed by atoms with Crippen LogP contribution in [0.3, 0.4) is 0 Å². The summed E-state index contributed by atoms with van der Waals surface area (Å²) >= 11 is 0. The monoisotopic (exact) mass is 224 g/mol. The second-order valence-corrected chi connectivity index (χ2v) is 4.19. The van der Waals surface area contributed by atoms with Gasteiger partial charge >= 0.3 is 0 Å². The van der Waals surface area contributed by atoms with Gasteiger partial charge in [0.05, 0.1) is 6.54 Å². The number of nitrogens with zero attached hydrogens (tertiary/aromatic N) is 1. The van der Waals surface area contributed by atoms with Crippen molar-refractivity contribution < 1.29 is 9.52 Å². The third kappa shape index (κ3) is 2.62. The minimum Gasteiger partial charge on any atom is -0.502 e. The molecule has 0 aliphatic carbocycles. The Bertz CT molecular complexity index is 416. The molecular weight excluding hydrogens is 208 g/mol. The molecule has 0 saturated carbocycles. The van der Waals surface area contributed by atoms with Gasteiger partial charge in [-0.15, -0.1) is 0 Å². The molecule has 1 aliphatic heterocycles. The lowest BCUT2D eigenvalue weighted by molar-refractivity contribution is 0.184. The van der Waals surface area contributed by atoms with Gasteiger partial charge in [0.1, 0.15) is 12.0 Å². The van der Waals surface area contributed by atoms with E-state index in [1.165, 1.54) is 6.07 Å². The number of aromatic hydroxyl groups is 1. The molecule has 1 atom stereocenters. The average molecular weight is 224 g/mol. The van der Waals surface area contributed by atoms with Crippen molar-refractivity contribution in [3.8, 4) is 5.75 Å². The van der Waals surface area contributed by atoms with Crippen LogP contribution in [-0.2, 0) is 6.54 Å². The van der Waals surface area contributed by atoms with E-state index in [1.54, 1.807) is 0 Å². The first-order valence-electron chi connectivity index (χ1n) is 5.41. The summed E-state index contributed by atoms with van der Waals surface area (Å²) in [7, 11) is 0. The smallest absolute Gasteiger partial charge is 0.226 e. The molecule has 0 aromatic carbocycles. The van der Waals surface area contributed by atoms with Crippen molar-refractivity contribution >= 4 is 0 Å². The van der Waals surface area contributed by atoms with Gasteiger partial charge in [-0.2, -0.15) is 0 Å². The fourth-order valence-corrected chi connectivity index (χ4v) is 1.90. The highest BCUT2D eigenvalue weighted by atomic mass is 16.4. The molecule has 5 nitrogen and oxygen atoms in total. The van der Waals surface area contributed by atoms with Gasteiger partial charge in [-0.25, -0.2) is 0 Å². The lowest BCUT2D eigenvalue weighted by Crippen LogP contribution is -2.48. The Kier molecular flexibility index (Phi) is 3.26. The SMILES string of the molecule is CC1CN(Cc2cc(=O)c(O)co2)CCN1. The number of nitrogens with one attached hydrogen (secondary N) is 1. The Hall–Kier alpha value is -1.33. The summed E-state index contributed by atoms with van der Waals surface area (Å²) in [6.07, 6.45) is 1.10. The predicted molar refractivity (Wildman–Crippen MR) is 59.4 cm³/mol. The minimum absolute atomic E-state index is 0.336. The second kappa shape index (κ2) is 4.67. The van der Waals surface area contributed by atoms with Crippen LogP contribution in [0.15, 0.2) is 21.5 Å². The Labute approximate surface area is 93.7 Å². The third-order valence-corrected chi connectivity index (χ3v) is 2.70. The van der Waals surface area contributed by atoms with Crippen molar-refractivity contribution in [1.29, 1.82) is 0 Å². The van der Waals surface area contributed by atoms with Crippen LogP contribution in [0, 0.1) is 0 Å². The second-order valence-electron chi connectivity index (χ2n) is 4.19. The number of hydrogen-bond donors (Lipinski definition) is 2. The lowest BCUT2D eigenvalue weighted by Gasteiger charge is -2.31. The van der Waals surface area contributed by atoms with Gasteiger partial charge in [0.2, 0.25) is 5.43 Å². The molecule has 0 amide bonds. The van der Waals surface area contributed by atoms with Crippen molar-refractivity contribution in [2.75, 3.05) is 19.6 Å². The maximum atomic E-state index is 11.2. The van der Waals surface area contributed by atoms with Crippen LogP contribution in [0.25, 0.3) is 0 Å². The van der Waals surface area contributed by atoms with E-state index in [4.69, 9.17) is 9.52 Å². The molecular formula is C11H16N2O3. The normalized spacial score (nSPS) is 22.2. The van der Waals surface area contributed by atoms with Crippen molar-refractivity contribution in [3.05, 3.63) is 28.3 Å². The fourth-order valence-electron chi connectivity index (χ4n) is 1.90. The summed E-state index contributed by atoms with van der Waals surface area (Å²) in [6, 6.07) is 1.81. The van der Waals surface area contributed by atoms with E-state index >= 15 is 0 Å². The lowest BCUT2D eigenvalue weighted by atomic mass is 10.2. The average Bonchev–Trinajstić information content (AvgIpc) is 2.24. The van der Waals surface area contributed by atoms with Crippen LogP contribution in [0.4, 0.5) is 0 Å². The maximum absolute atomic E-state index is 11.2. The summed E-state index contributed by atoms with van der Waals surface area (Å²) in [5.74, 6) is 0.259. The molecule has 1 fully saturated rings. The molecule has 0 bridgehead atoms. The Balaban J connectivity index is 2.03. The number of piperazine rings is 1. The Morgan fingerprint density at radius 1 is 1.69 bits per heavy atom. The molecule has 0 spiro atoms. The van der Waals surface area contributed by atoms with E-state index in [2.05, 4.69) is 17.1 Å². The molecule has 2 heterocycles. The number of hydrogen-bond acceptors (Lipinski definition) is 5. The highest BCUT2D eigenvalue weighted by molar-refractivity contribution is 5.15. The van der Waals surface area contributed by atoms with E-state index in [9.17, 15) is 4.79 Å². The molecule has 16 heavy (non-hydrogen) atoms. The van der Waals surface area contributed by atoms with Crippen LogP contribution in [0.2, 0.25) is 0 Å². The zero-order chi connectivity index (χ0) is 11.5. The molecule has 1 aromatic rings. The van der Waals surface area contributed by atoms with Crippen LogP contribution < -0.4 is 10.7 Å². The zero-order valence-electron chi connectivity index (χ0n) is 9.27. The van der Waals surface area contributed by atoms with Gasteiger partial charge in [-0.3, -0.25) is 9.69 Å². The fraction of sp³-hybridized carbons (Fsp3) is 0.545. The first-order chi connectivity index (χ1) is 7.65. The highest BCUT2D eigenvalue weighted by Crippen LogP contribution is 2.08. The van der Waals surface area contributed by atoms with Crippen LogP contribution >= 0.6 is 0 Å². The van der Waals surface area contributed by atoms with Gasteiger partial charge in [0.25, 0.3) is 0 Å². The van der Waals surface area contributed by atoms with Crippen molar-refractivity contribution in [1.82, 2.24) is 10.2 Å². The zero-order valence-corrected chi connectivity index (χ0v) is 9.27. The van der Waals surface area contributed by atoms with Gasteiger partial charge in [-0.1, -0.05) is 0 Å². The van der Waals surface area contributed by atoms with Crippen molar-refractivity contribution in [2.24, 2.45) is 0 Å². The van der Waals surface area contributed by atoms with Crippen LogP contribution in [0.1, 0.15) is 12.7 Å². The van der Waals surface area contributed by atoms with E-state index in [1.807, 2.05) is 0 Å². The summed E-state index contributed by atoms with van der Waals surface area (Å²) < 4.78 is 5.16. The summed E-state index contributed by atoms with van der Waals surface area (Å²) in [5, 5.41) is 12.4. The molecule has 1 saturated heterocycles. The van der Waals surface area contributed by atoms with Crippen molar-refractivity contribution in [2.45, 2.75) is 19.5 Å². The maximum Gasteiger partial charge on any atom is 0.226 e. The molecule has 2 rings (SSSR count). The van der Waals surface area contributed by atoms with Crippen LogP contribution in [0.5, 0.6) is 5.75 Å². The standard InChI is InChI=1S/C11H16N2O3/c1-8-5-13(3-2-12-8)6-9-4-10(14)11(15)7-16-9/h4,7-8,12,15H,2-3,5-6H2,1H3. The summed E-state index contributed by atoms with van der Waals surface area (Å²) in [5.41, 5.74) is -0.385.